The predicted octanol–water partition coefficient (Wildman–Crippen LogP) is 20.4. The van der Waals surface area contributed by atoms with Crippen LogP contribution in [-0.4, -0.2) is 49.0 Å². The van der Waals surface area contributed by atoms with Crippen LogP contribution in [0.1, 0.15) is 0 Å². The molecule has 0 unspecified atom stereocenters. The summed E-state index contributed by atoms with van der Waals surface area (Å²) in [5, 5.41) is 3.98. The Labute approximate surface area is 541 Å². The van der Waals surface area contributed by atoms with Crippen molar-refractivity contribution >= 4 is 55.5 Å². The Hall–Kier alpha value is -12.4. The highest BCUT2D eigenvalue weighted by Crippen LogP contribution is 2.39. The molecule has 10 nitrogen and oxygen atoms in total. The number of hydrogen-bond acceptors (Lipinski definition) is 8. The lowest BCUT2D eigenvalue weighted by Gasteiger charge is -2.13. The number of rotatable bonds is 11. The maximum absolute atomic E-state index is 6.91. The van der Waals surface area contributed by atoms with Crippen molar-refractivity contribution in [3.05, 3.63) is 327 Å². The first kappa shape index (κ1) is 55.9. The van der Waals surface area contributed by atoms with Crippen LogP contribution in [0.15, 0.2) is 322 Å². The van der Waals surface area contributed by atoms with Crippen LogP contribution in [0.4, 0.5) is 0 Å². The summed E-state index contributed by atoms with van der Waals surface area (Å²) in [6.07, 6.45) is 9.14. The van der Waals surface area contributed by atoms with Gasteiger partial charge in [-0.2, -0.15) is 0 Å². The van der Waals surface area contributed by atoms with Gasteiger partial charge in [-0.15, -0.1) is 0 Å². The normalized spacial score (nSPS) is 11.3. The lowest BCUT2D eigenvalue weighted by atomic mass is 9.99. The highest BCUT2D eigenvalue weighted by molar-refractivity contribution is 6.33. The first-order valence-corrected chi connectivity index (χ1v) is 31.0. The van der Waals surface area contributed by atoms with Crippen molar-refractivity contribution in [2.75, 3.05) is 0 Å². The molecule has 0 radical (unpaired) electrons. The van der Waals surface area contributed by atoms with Crippen molar-refractivity contribution in [3.8, 4) is 113 Å². The fourth-order valence-electron chi connectivity index (χ4n) is 12.3. The summed E-state index contributed by atoms with van der Waals surface area (Å²) < 4.78 is 4.29. The fourth-order valence-corrected chi connectivity index (χ4v) is 12.5. The molecule has 0 spiro atoms. The zero-order valence-electron chi connectivity index (χ0n) is 49.9. The van der Waals surface area contributed by atoms with Crippen LogP contribution in [0.25, 0.3) is 157 Å². The molecule has 17 rings (SSSR count). The van der Waals surface area contributed by atoms with Crippen LogP contribution in [0.5, 0.6) is 0 Å². The van der Waals surface area contributed by atoms with Crippen molar-refractivity contribution in [2.45, 2.75) is 0 Å². The summed E-state index contributed by atoms with van der Waals surface area (Å²) in [7, 11) is 0. The molecule has 0 aliphatic rings. The van der Waals surface area contributed by atoms with Gasteiger partial charge in [0.15, 0.2) is 0 Å². The van der Waals surface area contributed by atoms with Gasteiger partial charge in [0.05, 0.1) is 66.9 Å². The summed E-state index contributed by atoms with van der Waals surface area (Å²) in [6, 6.07) is 99.3. The smallest absolute Gasteiger partial charge is 0.146 e. The second-order valence-electron chi connectivity index (χ2n) is 22.5. The predicted molar refractivity (Wildman–Crippen MR) is 378 cm³/mol. The van der Waals surface area contributed by atoms with E-state index in [2.05, 4.69) is 183 Å². The zero-order valence-corrected chi connectivity index (χ0v) is 50.7. The average Bonchev–Trinajstić information content (AvgIpc) is 1.65. The molecular formula is C82H53ClN10. The molecule has 0 N–H and O–H groups in total. The number of aromatic nitrogens is 10. The lowest BCUT2D eigenvalue weighted by Crippen LogP contribution is -2.01. The molecule has 7 aromatic carbocycles. The molecule has 17 aromatic rings. The number of benzene rings is 7. The van der Waals surface area contributed by atoms with Gasteiger partial charge in [-0.25, -0.2) is 29.9 Å². The molecule has 11 heteroatoms. The molecule has 93 heavy (non-hydrogen) atoms. The minimum atomic E-state index is 0.644. The van der Waals surface area contributed by atoms with Crippen LogP contribution >= 0.6 is 11.6 Å². The first-order chi connectivity index (χ1) is 46.0. The second kappa shape index (κ2) is 24.5. The van der Waals surface area contributed by atoms with Crippen molar-refractivity contribution in [1.82, 2.24) is 49.0 Å². The molecule has 0 saturated carbocycles. The van der Waals surface area contributed by atoms with Gasteiger partial charge in [0, 0.05) is 69.4 Å². The molecule has 0 aliphatic carbocycles. The van der Waals surface area contributed by atoms with Gasteiger partial charge in [-0.1, -0.05) is 188 Å². The molecule has 0 bridgehead atoms. The Morgan fingerprint density at radius 3 is 1.48 bits per heavy atom. The van der Waals surface area contributed by atoms with Gasteiger partial charge in [-0.3, -0.25) is 19.1 Å². The Balaban J connectivity index is 0.000000148. The van der Waals surface area contributed by atoms with E-state index in [9.17, 15) is 0 Å². The molecule has 0 amide bonds. The Bertz CT molecular complexity index is 5460. The molecule has 0 saturated heterocycles. The van der Waals surface area contributed by atoms with Gasteiger partial charge < -0.3 is 0 Å². The van der Waals surface area contributed by atoms with Crippen LogP contribution in [0.2, 0.25) is 5.02 Å². The van der Waals surface area contributed by atoms with E-state index >= 15 is 0 Å². The summed E-state index contributed by atoms with van der Waals surface area (Å²) in [6.45, 7) is 0. The Morgan fingerprint density at radius 1 is 0.258 bits per heavy atom. The molecule has 10 aromatic heterocycles. The number of nitrogens with zero attached hydrogens (tertiary/aromatic N) is 10. The molecule has 0 atom stereocenters. The highest BCUT2D eigenvalue weighted by atomic mass is 35.5. The highest BCUT2D eigenvalue weighted by Gasteiger charge is 2.19. The topological polar surface area (TPSA) is 113 Å². The molecule has 0 aliphatic heterocycles. The quantitative estimate of drug-likeness (QED) is 0.126. The number of para-hydroxylation sites is 2. The zero-order chi connectivity index (χ0) is 62.0. The third kappa shape index (κ3) is 11.0. The minimum Gasteiger partial charge on any atom is -0.292 e. The van der Waals surface area contributed by atoms with Gasteiger partial charge >= 0.3 is 0 Å². The van der Waals surface area contributed by atoms with Crippen molar-refractivity contribution in [3.63, 3.8) is 0 Å². The number of hydrogen-bond donors (Lipinski definition) is 0. The second-order valence-corrected chi connectivity index (χ2v) is 22.9. The summed E-state index contributed by atoms with van der Waals surface area (Å²) in [5.74, 6) is 1.61. The minimum absolute atomic E-state index is 0.644. The van der Waals surface area contributed by atoms with E-state index < -0.39 is 0 Å². The summed E-state index contributed by atoms with van der Waals surface area (Å²) >= 11 is 6.91. The van der Waals surface area contributed by atoms with Crippen LogP contribution in [-0.2, 0) is 0 Å². The monoisotopic (exact) mass is 1210 g/mol. The van der Waals surface area contributed by atoms with Gasteiger partial charge in [0.25, 0.3) is 0 Å². The SMILES string of the molecule is Clc1cc(-c2ccccc2)ccc1-c1cc(-c2ccc(-n3c4ccccc4c4ncccc43)nc2)cc(-c2ccncc2)n1.c1ccc(-c2ccc(-c3cc(-c4cccc(-c5ccccc5)n4)nc(-c4cccc(-n5c6ccccc6c6cccnc65)n4)c3)cc2)cc1. The molecule has 10 heterocycles. The van der Waals surface area contributed by atoms with Crippen molar-refractivity contribution in [1.29, 1.82) is 0 Å². The Morgan fingerprint density at radius 2 is 0.763 bits per heavy atom. The van der Waals surface area contributed by atoms with E-state index in [0.717, 1.165) is 145 Å². The van der Waals surface area contributed by atoms with E-state index in [1.165, 1.54) is 11.1 Å². The van der Waals surface area contributed by atoms with Crippen molar-refractivity contribution < 1.29 is 0 Å². The van der Waals surface area contributed by atoms with E-state index in [4.69, 9.17) is 41.5 Å². The fraction of sp³-hybridized carbons (Fsp3) is 0. The molecule has 438 valence electrons. The van der Waals surface area contributed by atoms with Gasteiger partial charge in [0.1, 0.15) is 17.3 Å². The van der Waals surface area contributed by atoms with E-state index in [-0.39, 0.29) is 0 Å². The maximum Gasteiger partial charge on any atom is 0.146 e. The summed E-state index contributed by atoms with van der Waals surface area (Å²) in [4.78, 5) is 39.1. The standard InChI is InChI=1S/C44H29N5.C38H24ClN5/c1-3-12-30(13-4-1)31-23-25-32(26-24-31)34-28-40(38-19-9-18-37(46-38)33-14-5-2-6-15-33)47-41(29-34)39-20-10-22-43(48-39)49-42-21-8-7-16-35(42)36-17-11-27-45-44(36)49;39-32-21-27(25-7-2-1-3-8-25)12-14-30(32)34-23-29(22-33(43-34)26-16-19-40-20-17-26)28-13-15-37(42-24-28)44-35-10-5-4-9-31(35)38-36(44)11-6-18-41-38/h1-29H;1-24H. The molecule has 0 fully saturated rings. The van der Waals surface area contributed by atoms with Crippen LogP contribution in [0.3, 0.4) is 0 Å². The van der Waals surface area contributed by atoms with Crippen LogP contribution in [0, 0.1) is 0 Å². The number of pyridine rings is 8. The first-order valence-electron chi connectivity index (χ1n) is 30.6. The average molecular weight is 1210 g/mol. The lowest BCUT2D eigenvalue weighted by molar-refractivity contribution is 1.05. The van der Waals surface area contributed by atoms with E-state index in [0.29, 0.717) is 5.02 Å². The van der Waals surface area contributed by atoms with Crippen LogP contribution < -0.4 is 0 Å². The number of fused-ring (bicyclic) bond motifs is 6. The summed E-state index contributed by atoms with van der Waals surface area (Å²) in [5.41, 5.74) is 22.2. The van der Waals surface area contributed by atoms with Gasteiger partial charge in [0.2, 0.25) is 0 Å². The Kier molecular flexibility index (Phi) is 14.8. The van der Waals surface area contributed by atoms with Crippen molar-refractivity contribution in [2.24, 2.45) is 0 Å². The van der Waals surface area contributed by atoms with Gasteiger partial charge in [-0.05, 0) is 154 Å². The molecular weight excluding hydrogens is 1160 g/mol. The van der Waals surface area contributed by atoms with E-state index in [1.54, 1.807) is 12.4 Å². The third-order valence-electron chi connectivity index (χ3n) is 16.8. The van der Waals surface area contributed by atoms with E-state index in [1.807, 2.05) is 146 Å². The number of halogens is 1. The third-order valence-corrected chi connectivity index (χ3v) is 17.1. The largest absolute Gasteiger partial charge is 0.292 e. The maximum atomic E-state index is 6.91.